The van der Waals surface area contributed by atoms with Crippen LogP contribution in [0.3, 0.4) is 0 Å². The Morgan fingerprint density at radius 1 is 1.10 bits per heavy atom. The molecule has 3 aromatic rings. The number of hydrogen-bond acceptors (Lipinski definition) is 2. The van der Waals surface area contributed by atoms with Crippen LogP contribution in [0.5, 0.6) is 0 Å². The molecule has 0 aliphatic heterocycles. The monoisotopic (exact) mass is 285 g/mol. The number of carbonyl (C=O) groups excluding carboxylic acids is 1. The second-order valence-electron chi connectivity index (χ2n) is 4.44. The summed E-state index contributed by atoms with van der Waals surface area (Å²) in [5, 5.41) is 3.71. The molecule has 1 amide bonds. The number of nitrogens with one attached hydrogen (secondary N) is 1. The molecule has 0 atom stereocenters. The van der Waals surface area contributed by atoms with Crippen LogP contribution in [0.25, 0.3) is 11.0 Å². The van der Waals surface area contributed by atoms with Crippen molar-refractivity contribution >= 4 is 34.2 Å². The summed E-state index contributed by atoms with van der Waals surface area (Å²) in [4.78, 5) is 12.1. The van der Waals surface area contributed by atoms with Gasteiger partial charge in [-0.05, 0) is 29.8 Å². The first-order chi connectivity index (χ1) is 9.76. The number of amides is 1. The summed E-state index contributed by atoms with van der Waals surface area (Å²) in [5.41, 5.74) is 2.36. The number of fused-ring (bicyclic) bond motifs is 1. The maximum atomic E-state index is 12.1. The molecule has 0 fully saturated rings. The van der Waals surface area contributed by atoms with E-state index in [1.54, 1.807) is 6.07 Å². The largest absolute Gasteiger partial charge is 0.451 e. The Balaban J connectivity index is 1.85. The normalized spacial score (nSPS) is 10.7. The number of halogens is 1. The molecular formula is C16H12ClNO2. The third kappa shape index (κ3) is 2.53. The summed E-state index contributed by atoms with van der Waals surface area (Å²) in [7, 11) is 0. The van der Waals surface area contributed by atoms with Crippen molar-refractivity contribution in [1.82, 2.24) is 0 Å². The molecular weight excluding hydrogens is 274 g/mol. The highest BCUT2D eigenvalue weighted by Crippen LogP contribution is 2.20. The summed E-state index contributed by atoms with van der Waals surface area (Å²) in [6, 6.07) is 16.7. The third-order valence-corrected chi connectivity index (χ3v) is 3.30. The van der Waals surface area contributed by atoms with Crippen LogP contribution in [0.4, 0.5) is 5.69 Å². The summed E-state index contributed by atoms with van der Waals surface area (Å²) in [6.07, 6.45) is 0. The van der Waals surface area contributed by atoms with Crippen molar-refractivity contribution in [3.05, 3.63) is 65.9 Å². The highest BCUT2D eigenvalue weighted by atomic mass is 35.5. The summed E-state index contributed by atoms with van der Waals surface area (Å²) in [6.45, 7) is 0. The molecule has 4 heteroatoms. The van der Waals surface area contributed by atoms with Crippen LogP contribution in [0.1, 0.15) is 16.1 Å². The van der Waals surface area contributed by atoms with Gasteiger partial charge in [0.15, 0.2) is 5.76 Å². The highest BCUT2D eigenvalue weighted by Gasteiger charge is 2.12. The van der Waals surface area contributed by atoms with Gasteiger partial charge >= 0.3 is 0 Å². The molecule has 1 N–H and O–H groups in total. The van der Waals surface area contributed by atoms with Crippen molar-refractivity contribution < 1.29 is 9.21 Å². The van der Waals surface area contributed by atoms with Gasteiger partial charge in [-0.1, -0.05) is 30.3 Å². The number of para-hydroxylation sites is 1. The molecule has 0 aliphatic carbocycles. The van der Waals surface area contributed by atoms with E-state index < -0.39 is 0 Å². The van der Waals surface area contributed by atoms with Crippen LogP contribution in [0.15, 0.2) is 59.0 Å². The molecule has 0 bridgehead atoms. The Kier molecular flexibility index (Phi) is 3.44. The quantitative estimate of drug-likeness (QED) is 0.724. The molecule has 0 saturated heterocycles. The molecule has 3 rings (SSSR count). The second kappa shape index (κ2) is 5.39. The summed E-state index contributed by atoms with van der Waals surface area (Å²) >= 11 is 5.77. The molecule has 20 heavy (non-hydrogen) atoms. The van der Waals surface area contributed by atoms with Gasteiger partial charge in [-0.15, -0.1) is 11.6 Å². The minimum Gasteiger partial charge on any atom is -0.451 e. The molecule has 1 heterocycles. The van der Waals surface area contributed by atoms with Crippen molar-refractivity contribution in [3.8, 4) is 0 Å². The summed E-state index contributed by atoms with van der Waals surface area (Å²) < 4.78 is 5.52. The van der Waals surface area contributed by atoms with Gasteiger partial charge in [0.25, 0.3) is 5.91 Å². The van der Waals surface area contributed by atoms with Crippen LogP contribution in [-0.2, 0) is 5.88 Å². The lowest BCUT2D eigenvalue weighted by Crippen LogP contribution is -2.10. The van der Waals surface area contributed by atoms with E-state index in [0.717, 1.165) is 10.9 Å². The standard InChI is InChI=1S/C16H12ClNO2/c17-10-11-4-3-6-13(8-11)18-16(19)15-9-12-5-1-2-7-14(12)20-15/h1-9H,10H2,(H,18,19). The first kappa shape index (κ1) is 12.8. The molecule has 0 spiro atoms. The highest BCUT2D eigenvalue weighted by molar-refractivity contribution is 6.17. The maximum absolute atomic E-state index is 12.1. The second-order valence-corrected chi connectivity index (χ2v) is 4.70. The number of carbonyl (C=O) groups is 1. The molecule has 2 aromatic carbocycles. The molecule has 0 radical (unpaired) electrons. The maximum Gasteiger partial charge on any atom is 0.291 e. The SMILES string of the molecule is O=C(Nc1cccc(CCl)c1)c1cc2ccccc2o1. The van der Waals surface area contributed by atoms with E-state index in [-0.39, 0.29) is 5.91 Å². The van der Waals surface area contributed by atoms with E-state index in [1.165, 1.54) is 0 Å². The molecule has 3 nitrogen and oxygen atoms in total. The van der Waals surface area contributed by atoms with E-state index in [1.807, 2.05) is 48.5 Å². The van der Waals surface area contributed by atoms with Crippen molar-refractivity contribution in [2.24, 2.45) is 0 Å². The van der Waals surface area contributed by atoms with E-state index in [4.69, 9.17) is 16.0 Å². The van der Waals surface area contributed by atoms with Crippen molar-refractivity contribution in [2.75, 3.05) is 5.32 Å². The predicted octanol–water partition coefficient (Wildman–Crippen LogP) is 4.42. The minimum atomic E-state index is -0.270. The van der Waals surface area contributed by atoms with Crippen molar-refractivity contribution in [2.45, 2.75) is 5.88 Å². The van der Waals surface area contributed by atoms with Gasteiger partial charge in [-0.3, -0.25) is 4.79 Å². The van der Waals surface area contributed by atoms with Gasteiger partial charge in [-0.2, -0.15) is 0 Å². The number of benzene rings is 2. The van der Waals surface area contributed by atoms with E-state index in [9.17, 15) is 4.79 Å². The van der Waals surface area contributed by atoms with Crippen LogP contribution >= 0.6 is 11.6 Å². The van der Waals surface area contributed by atoms with Crippen LogP contribution in [0, 0.1) is 0 Å². The number of furan rings is 1. The minimum absolute atomic E-state index is 0.270. The van der Waals surface area contributed by atoms with Gasteiger partial charge in [0.05, 0.1) is 0 Å². The Hall–Kier alpha value is -2.26. The van der Waals surface area contributed by atoms with Crippen LogP contribution in [-0.4, -0.2) is 5.91 Å². The smallest absolute Gasteiger partial charge is 0.291 e. The molecule has 0 unspecified atom stereocenters. The lowest BCUT2D eigenvalue weighted by molar-refractivity contribution is 0.0998. The zero-order chi connectivity index (χ0) is 13.9. The van der Waals surface area contributed by atoms with Gasteiger partial charge < -0.3 is 9.73 Å². The van der Waals surface area contributed by atoms with Crippen molar-refractivity contribution in [1.29, 1.82) is 0 Å². The molecule has 1 aromatic heterocycles. The average molecular weight is 286 g/mol. The summed E-state index contributed by atoms with van der Waals surface area (Å²) in [5.74, 6) is 0.435. The van der Waals surface area contributed by atoms with E-state index in [0.29, 0.717) is 22.9 Å². The fraction of sp³-hybridized carbons (Fsp3) is 0.0625. The Labute approximate surface area is 121 Å². The fourth-order valence-electron chi connectivity index (χ4n) is 2.02. The number of hydrogen-bond donors (Lipinski definition) is 1. The third-order valence-electron chi connectivity index (χ3n) is 2.99. The Morgan fingerprint density at radius 2 is 1.95 bits per heavy atom. The van der Waals surface area contributed by atoms with Gasteiger partial charge in [0.1, 0.15) is 5.58 Å². The van der Waals surface area contributed by atoms with Crippen LogP contribution in [0.2, 0.25) is 0 Å². The molecule has 100 valence electrons. The van der Waals surface area contributed by atoms with Gasteiger partial charge in [0.2, 0.25) is 0 Å². The first-order valence-corrected chi connectivity index (χ1v) is 6.74. The lowest BCUT2D eigenvalue weighted by Gasteiger charge is -2.04. The van der Waals surface area contributed by atoms with Gasteiger partial charge in [-0.25, -0.2) is 0 Å². The van der Waals surface area contributed by atoms with E-state index >= 15 is 0 Å². The topological polar surface area (TPSA) is 42.2 Å². The van der Waals surface area contributed by atoms with Crippen molar-refractivity contribution in [3.63, 3.8) is 0 Å². The fourth-order valence-corrected chi connectivity index (χ4v) is 2.18. The van der Waals surface area contributed by atoms with E-state index in [2.05, 4.69) is 5.32 Å². The first-order valence-electron chi connectivity index (χ1n) is 6.21. The zero-order valence-electron chi connectivity index (χ0n) is 10.6. The predicted molar refractivity (Wildman–Crippen MR) is 80.2 cm³/mol. The average Bonchev–Trinajstić information content (AvgIpc) is 2.91. The number of alkyl halides is 1. The number of anilines is 1. The van der Waals surface area contributed by atoms with Crippen LogP contribution < -0.4 is 5.32 Å². The molecule has 0 saturated carbocycles. The zero-order valence-corrected chi connectivity index (χ0v) is 11.4. The number of rotatable bonds is 3. The Morgan fingerprint density at radius 3 is 2.75 bits per heavy atom. The van der Waals surface area contributed by atoms with Gasteiger partial charge in [0, 0.05) is 17.0 Å². The lowest BCUT2D eigenvalue weighted by atomic mass is 10.2. The Bertz CT molecular complexity index is 731. The molecule has 0 aliphatic rings.